The first-order chi connectivity index (χ1) is 8.84. The molecule has 2 heteroatoms. The van der Waals surface area contributed by atoms with Crippen LogP contribution in [0.5, 0.6) is 0 Å². The number of ether oxygens (including phenoxy) is 1. The highest BCUT2D eigenvalue weighted by Gasteiger charge is 2.24. The Balaban J connectivity index is 1.78. The minimum Gasteiger partial charge on any atom is -0.381 e. The maximum Gasteiger partial charge on any atom is 0.0615 e. The van der Waals surface area contributed by atoms with E-state index in [1.165, 1.54) is 36.8 Å². The predicted octanol–water partition coefficient (Wildman–Crippen LogP) is 4.27. The summed E-state index contributed by atoms with van der Waals surface area (Å²) >= 11 is 6.67. The van der Waals surface area contributed by atoms with Gasteiger partial charge in [-0.3, -0.25) is 0 Å². The number of aryl methyl sites for hydroxylation is 2. The van der Waals surface area contributed by atoms with Gasteiger partial charge in [0.1, 0.15) is 0 Å². The number of benzene rings is 1. The van der Waals surface area contributed by atoms with Crippen LogP contribution in [-0.4, -0.2) is 13.2 Å². The zero-order valence-corrected chi connectivity index (χ0v) is 11.6. The molecule has 1 nitrogen and oxygen atoms in total. The summed E-state index contributed by atoms with van der Waals surface area (Å²) in [4.78, 5) is 0. The van der Waals surface area contributed by atoms with Crippen molar-refractivity contribution in [1.29, 1.82) is 0 Å². The van der Waals surface area contributed by atoms with E-state index in [2.05, 4.69) is 18.2 Å². The van der Waals surface area contributed by atoms with Gasteiger partial charge in [0.05, 0.1) is 5.38 Å². The Morgan fingerprint density at radius 3 is 2.56 bits per heavy atom. The number of hydrogen-bond donors (Lipinski definition) is 0. The van der Waals surface area contributed by atoms with Gasteiger partial charge in [-0.15, -0.1) is 11.6 Å². The zero-order valence-electron chi connectivity index (χ0n) is 10.8. The van der Waals surface area contributed by atoms with E-state index in [4.69, 9.17) is 16.3 Å². The lowest BCUT2D eigenvalue weighted by atomic mass is 9.86. The minimum absolute atomic E-state index is 0.168. The molecule has 18 heavy (non-hydrogen) atoms. The van der Waals surface area contributed by atoms with Gasteiger partial charge in [-0.2, -0.15) is 0 Å². The maximum absolute atomic E-state index is 6.67. The minimum atomic E-state index is 0.168. The molecular formula is C16H21ClO. The Labute approximate surface area is 114 Å². The molecular weight excluding hydrogens is 244 g/mol. The quantitative estimate of drug-likeness (QED) is 0.725. The second-order valence-corrected chi connectivity index (χ2v) is 6.06. The maximum atomic E-state index is 6.67. The van der Waals surface area contributed by atoms with E-state index in [-0.39, 0.29) is 5.38 Å². The Kier molecular flexibility index (Phi) is 3.91. The standard InChI is InChI=1S/C16H21ClO/c17-16(13-7-9-18-10-8-13)15-6-5-12-3-1-2-4-14(12)11-15/h5-6,11,13,16H,1-4,7-10H2. The molecule has 1 heterocycles. The van der Waals surface area contributed by atoms with Crippen LogP contribution in [-0.2, 0) is 17.6 Å². The van der Waals surface area contributed by atoms with Crippen LogP contribution < -0.4 is 0 Å². The SMILES string of the molecule is ClC(c1ccc2c(c1)CCCC2)C1CCOCC1. The lowest BCUT2D eigenvalue weighted by Gasteiger charge is -2.27. The Bertz CT molecular complexity index is 410. The molecule has 0 saturated carbocycles. The Morgan fingerprint density at radius 1 is 1.06 bits per heavy atom. The molecule has 1 aromatic rings. The van der Waals surface area contributed by atoms with Gasteiger partial charge in [-0.1, -0.05) is 18.2 Å². The van der Waals surface area contributed by atoms with E-state index < -0.39 is 0 Å². The molecule has 1 unspecified atom stereocenters. The van der Waals surface area contributed by atoms with Gasteiger partial charge in [0.25, 0.3) is 0 Å². The molecule has 0 aromatic heterocycles. The number of rotatable bonds is 2. The fourth-order valence-corrected chi connectivity index (χ4v) is 3.59. The first kappa shape index (κ1) is 12.5. The lowest BCUT2D eigenvalue weighted by molar-refractivity contribution is 0.0650. The molecule has 0 N–H and O–H groups in total. The first-order valence-electron chi connectivity index (χ1n) is 7.18. The third-order valence-corrected chi connectivity index (χ3v) is 4.98. The van der Waals surface area contributed by atoms with Crippen molar-refractivity contribution in [2.45, 2.75) is 43.9 Å². The van der Waals surface area contributed by atoms with Crippen LogP contribution in [0.4, 0.5) is 0 Å². The van der Waals surface area contributed by atoms with Crippen LogP contribution in [0, 0.1) is 5.92 Å². The average Bonchev–Trinajstić information content (AvgIpc) is 2.47. The molecule has 0 bridgehead atoms. The van der Waals surface area contributed by atoms with Crippen molar-refractivity contribution in [2.24, 2.45) is 5.92 Å². The summed E-state index contributed by atoms with van der Waals surface area (Å²) < 4.78 is 5.42. The zero-order chi connectivity index (χ0) is 12.4. The van der Waals surface area contributed by atoms with Crippen molar-refractivity contribution >= 4 is 11.6 Å². The first-order valence-corrected chi connectivity index (χ1v) is 7.62. The second-order valence-electron chi connectivity index (χ2n) is 5.59. The van der Waals surface area contributed by atoms with Gasteiger partial charge in [0.2, 0.25) is 0 Å². The molecule has 1 aliphatic heterocycles. The normalized spacial score (nSPS) is 22.5. The largest absolute Gasteiger partial charge is 0.381 e. The second kappa shape index (κ2) is 5.63. The van der Waals surface area contributed by atoms with E-state index in [0.29, 0.717) is 5.92 Å². The van der Waals surface area contributed by atoms with E-state index >= 15 is 0 Å². The number of halogens is 1. The van der Waals surface area contributed by atoms with E-state index in [0.717, 1.165) is 26.1 Å². The van der Waals surface area contributed by atoms with Crippen LogP contribution in [0.2, 0.25) is 0 Å². The van der Waals surface area contributed by atoms with Crippen molar-refractivity contribution < 1.29 is 4.74 Å². The Morgan fingerprint density at radius 2 is 1.78 bits per heavy atom. The summed E-state index contributed by atoms with van der Waals surface area (Å²) in [6.45, 7) is 1.75. The third-order valence-electron chi connectivity index (χ3n) is 4.37. The highest BCUT2D eigenvalue weighted by atomic mass is 35.5. The molecule has 98 valence electrons. The molecule has 0 amide bonds. The van der Waals surface area contributed by atoms with Crippen molar-refractivity contribution in [3.8, 4) is 0 Å². The number of fused-ring (bicyclic) bond motifs is 1. The molecule has 1 aliphatic carbocycles. The van der Waals surface area contributed by atoms with Crippen LogP contribution in [0.3, 0.4) is 0 Å². The molecule has 1 saturated heterocycles. The topological polar surface area (TPSA) is 9.23 Å². The van der Waals surface area contributed by atoms with E-state index in [9.17, 15) is 0 Å². The summed E-state index contributed by atoms with van der Waals surface area (Å²) in [5.74, 6) is 0.585. The number of hydrogen-bond acceptors (Lipinski definition) is 1. The van der Waals surface area contributed by atoms with Crippen LogP contribution >= 0.6 is 11.6 Å². The molecule has 3 rings (SSSR count). The van der Waals surface area contributed by atoms with Gasteiger partial charge in [0.15, 0.2) is 0 Å². The van der Waals surface area contributed by atoms with Gasteiger partial charge in [0, 0.05) is 13.2 Å². The van der Waals surface area contributed by atoms with E-state index in [1.54, 1.807) is 5.56 Å². The smallest absolute Gasteiger partial charge is 0.0615 e. The summed E-state index contributed by atoms with van der Waals surface area (Å²) in [5.41, 5.74) is 4.40. The monoisotopic (exact) mass is 264 g/mol. The van der Waals surface area contributed by atoms with Gasteiger partial charge in [-0.25, -0.2) is 0 Å². The van der Waals surface area contributed by atoms with Crippen LogP contribution in [0.15, 0.2) is 18.2 Å². The lowest BCUT2D eigenvalue weighted by Crippen LogP contribution is -2.19. The van der Waals surface area contributed by atoms with Crippen LogP contribution in [0.25, 0.3) is 0 Å². The highest BCUT2D eigenvalue weighted by molar-refractivity contribution is 6.21. The third kappa shape index (κ3) is 2.57. The summed E-state index contributed by atoms with van der Waals surface area (Å²) in [6.07, 6.45) is 7.37. The van der Waals surface area contributed by atoms with Crippen molar-refractivity contribution in [3.63, 3.8) is 0 Å². The van der Waals surface area contributed by atoms with Gasteiger partial charge < -0.3 is 4.74 Å². The van der Waals surface area contributed by atoms with Gasteiger partial charge >= 0.3 is 0 Å². The van der Waals surface area contributed by atoms with Crippen molar-refractivity contribution in [3.05, 3.63) is 34.9 Å². The fourth-order valence-electron chi connectivity index (χ4n) is 3.21. The average molecular weight is 265 g/mol. The predicted molar refractivity (Wildman–Crippen MR) is 75.2 cm³/mol. The van der Waals surface area contributed by atoms with Crippen molar-refractivity contribution in [1.82, 2.24) is 0 Å². The van der Waals surface area contributed by atoms with Crippen molar-refractivity contribution in [2.75, 3.05) is 13.2 Å². The number of alkyl halides is 1. The summed E-state index contributed by atoms with van der Waals surface area (Å²) in [6, 6.07) is 6.91. The molecule has 1 atom stereocenters. The highest BCUT2D eigenvalue weighted by Crippen LogP contribution is 2.36. The molecule has 1 fully saturated rings. The summed E-state index contributed by atoms with van der Waals surface area (Å²) in [7, 11) is 0. The molecule has 0 spiro atoms. The molecule has 2 aliphatic rings. The Hall–Kier alpha value is -0.530. The fraction of sp³-hybridized carbons (Fsp3) is 0.625. The molecule has 1 aromatic carbocycles. The summed E-state index contributed by atoms with van der Waals surface area (Å²) in [5, 5.41) is 0.168. The molecule has 0 radical (unpaired) electrons. The van der Waals surface area contributed by atoms with Gasteiger partial charge in [-0.05, 0) is 61.1 Å². The van der Waals surface area contributed by atoms with E-state index in [1.807, 2.05) is 0 Å². The van der Waals surface area contributed by atoms with Crippen LogP contribution in [0.1, 0.15) is 47.8 Å².